The fourth-order valence-corrected chi connectivity index (χ4v) is 4.69. The van der Waals surface area contributed by atoms with Gasteiger partial charge in [-0.15, -0.1) is 0 Å². The SMILES string of the molecule is COc1ccc(NS(=O)(=O)c2cccc(Cl)c2C)cc1N1CCN(C)CC1. The van der Waals surface area contributed by atoms with Gasteiger partial charge in [-0.25, -0.2) is 8.42 Å². The zero-order valence-corrected chi connectivity index (χ0v) is 17.3. The topological polar surface area (TPSA) is 61.9 Å². The highest BCUT2D eigenvalue weighted by atomic mass is 35.5. The predicted octanol–water partition coefficient (Wildman–Crippen LogP) is 3.21. The number of hydrogen-bond donors (Lipinski definition) is 1. The average Bonchev–Trinajstić information content (AvgIpc) is 2.64. The molecule has 0 aliphatic carbocycles. The van der Waals surface area contributed by atoms with E-state index in [9.17, 15) is 8.42 Å². The molecule has 0 amide bonds. The van der Waals surface area contributed by atoms with Crippen LogP contribution in [0.25, 0.3) is 0 Å². The number of benzene rings is 2. The second kappa shape index (κ2) is 7.96. The molecule has 8 heteroatoms. The Morgan fingerprint density at radius 3 is 2.48 bits per heavy atom. The lowest BCUT2D eigenvalue weighted by Gasteiger charge is -2.35. The minimum atomic E-state index is -3.74. The van der Waals surface area contributed by atoms with Gasteiger partial charge in [-0.3, -0.25) is 4.72 Å². The van der Waals surface area contributed by atoms with Crippen LogP contribution in [0, 0.1) is 6.92 Å². The van der Waals surface area contributed by atoms with E-state index in [-0.39, 0.29) is 4.90 Å². The number of piperazine rings is 1. The van der Waals surface area contributed by atoms with E-state index in [2.05, 4.69) is 21.6 Å². The molecular formula is C19H24ClN3O3S. The largest absolute Gasteiger partial charge is 0.495 e. The molecule has 0 unspecified atom stereocenters. The molecule has 1 saturated heterocycles. The summed E-state index contributed by atoms with van der Waals surface area (Å²) in [5, 5.41) is 0.422. The molecule has 1 N–H and O–H groups in total. The molecule has 3 rings (SSSR count). The first-order chi connectivity index (χ1) is 12.8. The fraction of sp³-hybridized carbons (Fsp3) is 0.368. The van der Waals surface area contributed by atoms with Gasteiger partial charge in [-0.1, -0.05) is 17.7 Å². The van der Waals surface area contributed by atoms with Gasteiger partial charge in [0.05, 0.1) is 23.4 Å². The van der Waals surface area contributed by atoms with Crippen molar-refractivity contribution in [3.05, 3.63) is 47.0 Å². The van der Waals surface area contributed by atoms with Crippen molar-refractivity contribution in [2.45, 2.75) is 11.8 Å². The number of ether oxygens (including phenoxy) is 1. The summed E-state index contributed by atoms with van der Waals surface area (Å²) in [7, 11) is -0.0355. The number of anilines is 2. The lowest BCUT2D eigenvalue weighted by Crippen LogP contribution is -2.44. The molecule has 27 heavy (non-hydrogen) atoms. The van der Waals surface area contributed by atoms with E-state index >= 15 is 0 Å². The number of sulfonamides is 1. The van der Waals surface area contributed by atoms with Crippen molar-refractivity contribution in [2.75, 3.05) is 50.0 Å². The Labute approximate surface area is 165 Å². The van der Waals surface area contributed by atoms with E-state index in [1.165, 1.54) is 0 Å². The minimum Gasteiger partial charge on any atom is -0.495 e. The van der Waals surface area contributed by atoms with Gasteiger partial charge in [0.25, 0.3) is 10.0 Å². The van der Waals surface area contributed by atoms with E-state index in [0.29, 0.717) is 16.3 Å². The fourth-order valence-electron chi connectivity index (χ4n) is 3.14. The van der Waals surface area contributed by atoms with Gasteiger partial charge >= 0.3 is 0 Å². The molecule has 0 spiro atoms. The maximum Gasteiger partial charge on any atom is 0.262 e. The van der Waals surface area contributed by atoms with Crippen LogP contribution in [0.2, 0.25) is 5.02 Å². The van der Waals surface area contributed by atoms with Crippen molar-refractivity contribution in [1.29, 1.82) is 0 Å². The van der Waals surface area contributed by atoms with Crippen molar-refractivity contribution < 1.29 is 13.2 Å². The highest BCUT2D eigenvalue weighted by Crippen LogP contribution is 2.33. The lowest BCUT2D eigenvalue weighted by molar-refractivity contribution is 0.311. The number of hydrogen-bond acceptors (Lipinski definition) is 5. The molecule has 146 valence electrons. The van der Waals surface area contributed by atoms with Crippen LogP contribution in [0.3, 0.4) is 0 Å². The summed E-state index contributed by atoms with van der Waals surface area (Å²) in [5.74, 6) is 0.724. The Balaban J connectivity index is 1.91. The zero-order chi connectivity index (χ0) is 19.6. The average molecular weight is 410 g/mol. The zero-order valence-electron chi connectivity index (χ0n) is 15.7. The van der Waals surface area contributed by atoms with Crippen LogP contribution >= 0.6 is 11.6 Å². The Bertz CT molecular complexity index is 926. The minimum absolute atomic E-state index is 0.173. The van der Waals surface area contributed by atoms with E-state index in [0.717, 1.165) is 37.6 Å². The van der Waals surface area contributed by atoms with Crippen LogP contribution in [0.1, 0.15) is 5.56 Å². The molecule has 2 aromatic rings. The normalized spacial score (nSPS) is 15.6. The third-order valence-corrected chi connectivity index (χ3v) is 6.72. The smallest absolute Gasteiger partial charge is 0.262 e. The second-order valence-corrected chi connectivity index (χ2v) is 8.70. The molecule has 0 radical (unpaired) electrons. The van der Waals surface area contributed by atoms with Crippen molar-refractivity contribution >= 4 is 33.0 Å². The Kier molecular flexibility index (Phi) is 5.83. The van der Waals surface area contributed by atoms with E-state index in [1.807, 2.05) is 6.07 Å². The van der Waals surface area contributed by atoms with E-state index < -0.39 is 10.0 Å². The van der Waals surface area contributed by atoms with Crippen LogP contribution in [0.5, 0.6) is 5.75 Å². The predicted molar refractivity (Wildman–Crippen MR) is 110 cm³/mol. The van der Waals surface area contributed by atoms with Crippen LogP contribution < -0.4 is 14.4 Å². The van der Waals surface area contributed by atoms with Gasteiger partial charge in [0.2, 0.25) is 0 Å². The van der Waals surface area contributed by atoms with Gasteiger partial charge in [-0.05, 0) is 49.9 Å². The molecule has 0 bridgehead atoms. The first kappa shape index (κ1) is 19.8. The molecule has 0 saturated carbocycles. The highest BCUT2D eigenvalue weighted by molar-refractivity contribution is 7.92. The molecule has 0 atom stereocenters. The number of likely N-dealkylation sites (N-methyl/N-ethyl adjacent to an activating group) is 1. The van der Waals surface area contributed by atoms with Gasteiger partial charge < -0.3 is 14.5 Å². The first-order valence-electron chi connectivity index (χ1n) is 8.71. The summed E-state index contributed by atoms with van der Waals surface area (Å²) in [4.78, 5) is 4.64. The summed E-state index contributed by atoms with van der Waals surface area (Å²) in [6.07, 6.45) is 0. The van der Waals surface area contributed by atoms with E-state index in [1.54, 1.807) is 44.4 Å². The molecular weight excluding hydrogens is 386 g/mol. The van der Waals surface area contributed by atoms with Gasteiger partial charge in [0.15, 0.2) is 0 Å². The number of methoxy groups -OCH3 is 1. The molecule has 1 aliphatic heterocycles. The standard InChI is InChI=1S/C19H24ClN3O3S/c1-14-16(20)5-4-6-19(14)27(24,25)21-15-7-8-18(26-3)17(13-15)23-11-9-22(2)10-12-23/h4-8,13,21H,9-12H2,1-3H3. The number of nitrogens with one attached hydrogen (secondary N) is 1. The third kappa shape index (κ3) is 4.31. The van der Waals surface area contributed by atoms with Crippen molar-refractivity contribution in [1.82, 2.24) is 4.90 Å². The molecule has 1 heterocycles. The summed E-state index contributed by atoms with van der Waals surface area (Å²) >= 11 is 6.08. The maximum absolute atomic E-state index is 12.8. The second-order valence-electron chi connectivity index (χ2n) is 6.65. The van der Waals surface area contributed by atoms with Crippen LogP contribution in [0.4, 0.5) is 11.4 Å². The third-order valence-electron chi connectivity index (χ3n) is 4.78. The van der Waals surface area contributed by atoms with Gasteiger partial charge in [-0.2, -0.15) is 0 Å². The quantitative estimate of drug-likeness (QED) is 0.821. The Hall–Kier alpha value is -1.96. The van der Waals surface area contributed by atoms with Crippen molar-refractivity contribution in [3.63, 3.8) is 0 Å². The van der Waals surface area contributed by atoms with Gasteiger partial charge in [0, 0.05) is 31.2 Å². The molecule has 1 aliphatic rings. The summed E-state index contributed by atoms with van der Waals surface area (Å²) in [6.45, 7) is 5.30. The summed E-state index contributed by atoms with van der Waals surface area (Å²) in [6, 6.07) is 10.2. The maximum atomic E-state index is 12.8. The molecule has 0 aromatic heterocycles. The first-order valence-corrected chi connectivity index (χ1v) is 10.6. The number of halogens is 1. The van der Waals surface area contributed by atoms with Crippen molar-refractivity contribution in [2.24, 2.45) is 0 Å². The molecule has 6 nitrogen and oxygen atoms in total. The van der Waals surface area contributed by atoms with Crippen molar-refractivity contribution in [3.8, 4) is 5.75 Å². The number of rotatable bonds is 5. The Morgan fingerprint density at radius 1 is 1.11 bits per heavy atom. The molecule has 1 fully saturated rings. The molecule has 2 aromatic carbocycles. The van der Waals surface area contributed by atoms with Crippen LogP contribution in [-0.2, 0) is 10.0 Å². The van der Waals surface area contributed by atoms with E-state index in [4.69, 9.17) is 16.3 Å². The highest BCUT2D eigenvalue weighted by Gasteiger charge is 2.21. The Morgan fingerprint density at radius 2 is 1.81 bits per heavy atom. The lowest BCUT2D eigenvalue weighted by atomic mass is 10.2. The van der Waals surface area contributed by atoms with Crippen LogP contribution in [0.15, 0.2) is 41.3 Å². The summed E-state index contributed by atoms with van der Waals surface area (Å²) in [5.41, 5.74) is 1.90. The monoisotopic (exact) mass is 409 g/mol. The number of nitrogens with zero attached hydrogens (tertiary/aromatic N) is 2. The summed E-state index contributed by atoms with van der Waals surface area (Å²) < 4.78 is 33.8. The van der Waals surface area contributed by atoms with Gasteiger partial charge in [0.1, 0.15) is 5.75 Å². The van der Waals surface area contributed by atoms with Crippen LogP contribution in [-0.4, -0.2) is 53.7 Å².